The number of para-hydroxylation sites is 1. The van der Waals surface area contributed by atoms with Crippen LogP contribution in [-0.2, 0) is 4.79 Å². The van der Waals surface area contributed by atoms with Crippen molar-refractivity contribution >= 4 is 35.0 Å². The summed E-state index contributed by atoms with van der Waals surface area (Å²) in [6.07, 6.45) is -0.923. The Labute approximate surface area is 148 Å². The number of benzene rings is 2. The van der Waals surface area contributed by atoms with Gasteiger partial charge in [-0.15, -0.1) is 0 Å². The maximum atomic E-state index is 12.0. The molecule has 0 bridgehead atoms. The third kappa shape index (κ3) is 4.53. The number of hydrogen-bond acceptors (Lipinski definition) is 4. The number of carbonyl (C=O) groups excluding carboxylic acids is 2. The van der Waals surface area contributed by atoms with E-state index in [1.807, 2.05) is 0 Å². The van der Waals surface area contributed by atoms with Crippen molar-refractivity contribution in [2.24, 2.45) is 0 Å². The maximum absolute atomic E-state index is 12.0. The van der Waals surface area contributed by atoms with E-state index < -0.39 is 17.9 Å². The van der Waals surface area contributed by atoms with Crippen LogP contribution in [0.1, 0.15) is 17.3 Å². The van der Waals surface area contributed by atoms with E-state index in [0.29, 0.717) is 5.02 Å². The molecule has 24 heavy (non-hydrogen) atoms. The van der Waals surface area contributed by atoms with Crippen LogP contribution in [0.4, 0.5) is 0 Å². The lowest BCUT2D eigenvalue weighted by molar-refractivity contribution is -0.128. The van der Waals surface area contributed by atoms with Crippen LogP contribution in [-0.4, -0.2) is 23.0 Å². The molecule has 0 aliphatic heterocycles. The van der Waals surface area contributed by atoms with Crippen molar-refractivity contribution in [2.45, 2.75) is 13.0 Å². The summed E-state index contributed by atoms with van der Waals surface area (Å²) in [5, 5.41) is 10.3. The van der Waals surface area contributed by atoms with Gasteiger partial charge in [-0.25, -0.2) is 0 Å². The van der Waals surface area contributed by atoms with Gasteiger partial charge in [0.2, 0.25) is 0 Å². The minimum atomic E-state index is -0.923. The van der Waals surface area contributed by atoms with Gasteiger partial charge in [0.1, 0.15) is 11.5 Å². The third-order valence-electron chi connectivity index (χ3n) is 3.01. The lowest BCUT2D eigenvalue weighted by atomic mass is 10.2. The number of aromatic hydroxyl groups is 1. The highest BCUT2D eigenvalue weighted by Crippen LogP contribution is 2.28. The van der Waals surface area contributed by atoms with Gasteiger partial charge in [0, 0.05) is 5.02 Å². The fourth-order valence-electron chi connectivity index (χ4n) is 1.77. The zero-order valence-corrected chi connectivity index (χ0v) is 14.1. The lowest BCUT2D eigenvalue weighted by Crippen LogP contribution is -2.47. The van der Waals surface area contributed by atoms with E-state index in [1.165, 1.54) is 31.2 Å². The molecule has 0 radical (unpaired) electrons. The first-order valence-electron chi connectivity index (χ1n) is 6.88. The second-order valence-corrected chi connectivity index (χ2v) is 5.64. The molecule has 2 rings (SSSR count). The van der Waals surface area contributed by atoms with E-state index in [0.717, 1.165) is 0 Å². The van der Waals surface area contributed by atoms with Crippen LogP contribution >= 0.6 is 23.2 Å². The van der Waals surface area contributed by atoms with Crippen molar-refractivity contribution in [3.05, 3.63) is 58.1 Å². The summed E-state index contributed by atoms with van der Waals surface area (Å²) < 4.78 is 5.42. The molecule has 3 N–H and O–H groups in total. The molecule has 0 heterocycles. The van der Waals surface area contributed by atoms with Crippen LogP contribution < -0.4 is 15.6 Å². The third-order valence-corrected chi connectivity index (χ3v) is 3.55. The van der Waals surface area contributed by atoms with Gasteiger partial charge in [0.25, 0.3) is 11.8 Å². The molecule has 2 aromatic carbocycles. The highest BCUT2D eigenvalue weighted by molar-refractivity contribution is 6.35. The van der Waals surface area contributed by atoms with Crippen LogP contribution in [0.25, 0.3) is 0 Å². The molecule has 2 amide bonds. The summed E-state index contributed by atoms with van der Waals surface area (Å²) in [5.41, 5.74) is 4.45. The van der Waals surface area contributed by atoms with Gasteiger partial charge in [-0.05, 0) is 37.3 Å². The molecule has 0 aliphatic carbocycles. The van der Waals surface area contributed by atoms with Crippen molar-refractivity contribution in [3.63, 3.8) is 0 Å². The maximum Gasteiger partial charge on any atom is 0.279 e. The van der Waals surface area contributed by atoms with Crippen molar-refractivity contribution in [1.29, 1.82) is 0 Å². The first kappa shape index (κ1) is 17.9. The molecule has 0 saturated heterocycles. The second-order valence-electron chi connectivity index (χ2n) is 4.80. The summed E-state index contributed by atoms with van der Waals surface area (Å²) in [4.78, 5) is 23.8. The molecule has 6 nitrogen and oxygen atoms in total. The smallest absolute Gasteiger partial charge is 0.279 e. The minimum Gasteiger partial charge on any atom is -0.507 e. The summed E-state index contributed by atoms with van der Waals surface area (Å²) in [6.45, 7) is 1.49. The average molecular weight is 369 g/mol. The number of rotatable bonds is 4. The number of nitrogens with one attached hydrogen (secondary N) is 2. The highest BCUT2D eigenvalue weighted by atomic mass is 35.5. The van der Waals surface area contributed by atoms with E-state index >= 15 is 0 Å². The van der Waals surface area contributed by atoms with Gasteiger partial charge < -0.3 is 9.84 Å². The quantitative estimate of drug-likeness (QED) is 0.724. The van der Waals surface area contributed by atoms with Crippen molar-refractivity contribution in [2.75, 3.05) is 0 Å². The number of hydrazine groups is 1. The number of phenols is 1. The SMILES string of the molecule is CC(Oc1ccc(Cl)cc1Cl)C(=O)NNC(=O)c1ccccc1O. The summed E-state index contributed by atoms with van der Waals surface area (Å²) in [5.74, 6) is -1.15. The molecule has 0 aliphatic rings. The normalized spacial score (nSPS) is 11.5. The van der Waals surface area contributed by atoms with Gasteiger partial charge in [0.15, 0.2) is 6.10 Å². The molecule has 1 atom stereocenters. The fourth-order valence-corrected chi connectivity index (χ4v) is 2.22. The number of phenolic OH excluding ortho intramolecular Hbond substituents is 1. The first-order chi connectivity index (χ1) is 11.4. The van der Waals surface area contributed by atoms with Gasteiger partial charge >= 0.3 is 0 Å². The van der Waals surface area contributed by atoms with Gasteiger partial charge in [-0.3, -0.25) is 20.4 Å². The molecule has 8 heteroatoms. The zero-order chi connectivity index (χ0) is 17.7. The number of carbonyl (C=O) groups is 2. The van der Waals surface area contributed by atoms with E-state index in [-0.39, 0.29) is 22.1 Å². The Morgan fingerprint density at radius 3 is 2.50 bits per heavy atom. The topological polar surface area (TPSA) is 87.7 Å². The number of ether oxygens (including phenoxy) is 1. The van der Waals surface area contributed by atoms with Crippen LogP contribution in [0.2, 0.25) is 10.0 Å². The highest BCUT2D eigenvalue weighted by Gasteiger charge is 2.18. The van der Waals surface area contributed by atoms with Gasteiger partial charge in [-0.1, -0.05) is 35.3 Å². The molecule has 2 aromatic rings. The van der Waals surface area contributed by atoms with Gasteiger partial charge in [0.05, 0.1) is 10.6 Å². The molecule has 0 spiro atoms. The Morgan fingerprint density at radius 2 is 1.83 bits per heavy atom. The summed E-state index contributed by atoms with van der Waals surface area (Å²) in [6, 6.07) is 10.6. The zero-order valence-electron chi connectivity index (χ0n) is 12.5. The molecule has 0 fully saturated rings. The monoisotopic (exact) mass is 368 g/mol. The van der Waals surface area contributed by atoms with Gasteiger partial charge in [-0.2, -0.15) is 0 Å². The average Bonchev–Trinajstić information content (AvgIpc) is 2.55. The largest absolute Gasteiger partial charge is 0.507 e. The van der Waals surface area contributed by atoms with Crippen LogP contribution in [0.5, 0.6) is 11.5 Å². The van der Waals surface area contributed by atoms with Crippen molar-refractivity contribution < 1.29 is 19.4 Å². The predicted molar refractivity (Wildman–Crippen MR) is 90.3 cm³/mol. The molecule has 126 valence electrons. The Kier molecular flexibility index (Phi) is 5.89. The number of amides is 2. The van der Waals surface area contributed by atoms with Crippen LogP contribution in [0.3, 0.4) is 0 Å². The molecule has 0 saturated carbocycles. The van der Waals surface area contributed by atoms with Crippen molar-refractivity contribution in [1.82, 2.24) is 10.9 Å². The predicted octanol–water partition coefficient (Wildman–Crippen LogP) is 2.93. The van der Waals surface area contributed by atoms with Crippen molar-refractivity contribution in [3.8, 4) is 11.5 Å². The molecule has 0 aromatic heterocycles. The molecule has 1 unspecified atom stereocenters. The fraction of sp³-hybridized carbons (Fsp3) is 0.125. The van der Waals surface area contributed by atoms with Crippen LogP contribution in [0, 0.1) is 0 Å². The minimum absolute atomic E-state index is 0.0344. The van der Waals surface area contributed by atoms with E-state index in [4.69, 9.17) is 27.9 Å². The summed E-state index contributed by atoms with van der Waals surface area (Å²) in [7, 11) is 0. The Morgan fingerprint density at radius 1 is 1.12 bits per heavy atom. The standard InChI is InChI=1S/C16H14Cl2N2O4/c1-9(24-14-7-6-10(17)8-12(14)18)15(22)19-20-16(23)11-4-2-3-5-13(11)21/h2-9,21H,1H3,(H,19,22)(H,20,23). The number of halogens is 2. The second kappa shape index (κ2) is 7.90. The molecular weight excluding hydrogens is 355 g/mol. The lowest BCUT2D eigenvalue weighted by Gasteiger charge is -2.16. The van der Waals surface area contributed by atoms with Crippen LogP contribution in [0.15, 0.2) is 42.5 Å². The Hall–Kier alpha value is -2.44. The summed E-state index contributed by atoms with van der Waals surface area (Å²) >= 11 is 11.7. The molecular formula is C16H14Cl2N2O4. The Bertz CT molecular complexity index is 767. The van der Waals surface area contributed by atoms with E-state index in [1.54, 1.807) is 18.2 Å². The van der Waals surface area contributed by atoms with E-state index in [9.17, 15) is 14.7 Å². The van der Waals surface area contributed by atoms with E-state index in [2.05, 4.69) is 10.9 Å². The first-order valence-corrected chi connectivity index (χ1v) is 7.64. The Balaban J connectivity index is 1.92. The number of hydrogen-bond donors (Lipinski definition) is 3.